The molecule has 0 spiro atoms. The van der Waals surface area contributed by atoms with Gasteiger partial charge < -0.3 is 15.2 Å². The number of aryl methyl sites for hydroxylation is 1. The number of piperazine rings is 1. The topological polar surface area (TPSA) is 78.6 Å². The Labute approximate surface area is 213 Å². The maximum absolute atomic E-state index is 12.7. The molecule has 0 atom stereocenters. The molecule has 5 rings (SSSR count). The van der Waals surface area contributed by atoms with Crippen molar-refractivity contribution in [3.63, 3.8) is 0 Å². The molecular weight excluding hydrogens is 458 g/mol. The lowest BCUT2D eigenvalue weighted by atomic mass is 9.99. The first kappa shape index (κ1) is 27.2. The summed E-state index contributed by atoms with van der Waals surface area (Å²) in [5.41, 5.74) is 5.95. The summed E-state index contributed by atoms with van der Waals surface area (Å²) in [6.07, 6.45) is 6.08. The largest absolute Gasteiger partial charge is 0.354 e. The molecule has 0 saturated carbocycles. The minimum absolute atomic E-state index is 0.0543. The van der Waals surface area contributed by atoms with Gasteiger partial charge in [-0.15, -0.1) is 4.47 Å². The molecule has 0 unspecified atom stereocenters. The highest BCUT2D eigenvalue weighted by molar-refractivity contribution is 7.94. The van der Waals surface area contributed by atoms with Crippen LogP contribution in [0.3, 0.4) is 0 Å². The number of aromatic amines is 2. The lowest BCUT2D eigenvalue weighted by molar-refractivity contribution is 0.0382. The van der Waals surface area contributed by atoms with E-state index in [-0.39, 0.29) is 5.56 Å². The van der Waals surface area contributed by atoms with E-state index in [9.17, 15) is 10.0 Å². The van der Waals surface area contributed by atoms with Gasteiger partial charge in [0, 0.05) is 68.5 Å². The molecule has 0 bridgehead atoms. The zero-order valence-electron chi connectivity index (χ0n) is 21.6. The summed E-state index contributed by atoms with van der Waals surface area (Å²) in [5, 5.41) is 10.5. The molecule has 3 heterocycles. The monoisotopic (exact) mass is 497 g/mol. The molecule has 2 aromatic heterocycles. The Kier molecular flexibility index (Phi) is 10.2. The molecule has 2 aliphatic rings. The third-order valence-corrected chi connectivity index (χ3v) is 6.80. The number of pyridine rings is 1. The van der Waals surface area contributed by atoms with Crippen molar-refractivity contribution in [1.82, 2.24) is 23.6 Å². The summed E-state index contributed by atoms with van der Waals surface area (Å²) in [7, 11) is 1.65. The summed E-state index contributed by atoms with van der Waals surface area (Å²) in [6.45, 7) is 12.7. The first-order valence-electron chi connectivity index (χ1n) is 12.7. The molecule has 8 heteroatoms. The molecule has 1 aliphatic carbocycles. The van der Waals surface area contributed by atoms with Crippen LogP contribution in [0.15, 0.2) is 41.2 Å². The molecule has 7 nitrogen and oxygen atoms in total. The molecule has 1 saturated heterocycles. The van der Waals surface area contributed by atoms with E-state index >= 15 is 0 Å². The highest BCUT2D eigenvalue weighted by atomic mass is 32.2. The zero-order valence-corrected chi connectivity index (χ0v) is 22.4. The van der Waals surface area contributed by atoms with E-state index in [4.69, 9.17) is 0 Å². The summed E-state index contributed by atoms with van der Waals surface area (Å²) in [4.78, 5) is 21.5. The van der Waals surface area contributed by atoms with Gasteiger partial charge in [-0.25, -0.2) is 4.31 Å². The summed E-state index contributed by atoms with van der Waals surface area (Å²) in [5.74, 6) is 0. The van der Waals surface area contributed by atoms with Gasteiger partial charge in [-0.2, -0.15) is 0 Å². The summed E-state index contributed by atoms with van der Waals surface area (Å²) >= 11 is 1.36. The van der Waals surface area contributed by atoms with Crippen LogP contribution in [-0.2, 0) is 13.0 Å². The van der Waals surface area contributed by atoms with Gasteiger partial charge in [0.25, 0.3) is 5.56 Å². The van der Waals surface area contributed by atoms with E-state index < -0.39 is 0 Å². The predicted molar refractivity (Wildman–Crippen MR) is 148 cm³/mol. The molecule has 3 aromatic rings. The van der Waals surface area contributed by atoms with E-state index in [1.165, 1.54) is 23.3 Å². The van der Waals surface area contributed by atoms with Crippen molar-refractivity contribution in [1.29, 1.82) is 0 Å². The average molecular weight is 498 g/mol. The first-order chi connectivity index (χ1) is 17.0. The Morgan fingerprint density at radius 2 is 1.77 bits per heavy atom. The molecule has 0 amide bonds. The fourth-order valence-corrected chi connectivity index (χ4v) is 5.06. The Bertz CT molecular complexity index is 1180. The summed E-state index contributed by atoms with van der Waals surface area (Å²) in [6, 6.07) is 10.6. The Balaban J connectivity index is 0.000000815. The van der Waals surface area contributed by atoms with E-state index in [0.29, 0.717) is 5.56 Å². The molecule has 3 N–H and O–H groups in total. The fourth-order valence-electron chi connectivity index (χ4n) is 4.40. The van der Waals surface area contributed by atoms with Crippen molar-refractivity contribution < 1.29 is 5.21 Å². The van der Waals surface area contributed by atoms with Crippen molar-refractivity contribution in [2.75, 3.05) is 33.2 Å². The Hall–Kier alpha value is -2.36. The van der Waals surface area contributed by atoms with Crippen molar-refractivity contribution in [2.45, 2.75) is 47.1 Å². The van der Waals surface area contributed by atoms with Crippen LogP contribution in [0, 0.1) is 0 Å². The smallest absolute Gasteiger partial charge is 0.257 e. The lowest BCUT2D eigenvalue weighted by Gasteiger charge is -2.34. The molecular formula is C27H39N5O2S. The van der Waals surface area contributed by atoms with Gasteiger partial charge in [0.1, 0.15) is 0 Å². The van der Waals surface area contributed by atoms with Crippen LogP contribution in [-0.4, -0.2) is 62.1 Å². The van der Waals surface area contributed by atoms with E-state index in [1.807, 2.05) is 39.8 Å². The van der Waals surface area contributed by atoms with Crippen LogP contribution in [0.4, 0.5) is 0 Å². The van der Waals surface area contributed by atoms with Gasteiger partial charge in [-0.3, -0.25) is 9.69 Å². The number of hydrogen-bond acceptors (Lipinski definition) is 6. The van der Waals surface area contributed by atoms with Crippen LogP contribution in [0.5, 0.6) is 0 Å². The number of rotatable bonds is 5. The number of fused-ring (bicyclic) bond motifs is 2. The number of H-pyrrole nitrogens is 2. The van der Waals surface area contributed by atoms with Crippen molar-refractivity contribution in [2.24, 2.45) is 0 Å². The molecule has 190 valence electrons. The summed E-state index contributed by atoms with van der Waals surface area (Å²) < 4.78 is 3.32. The maximum Gasteiger partial charge on any atom is 0.257 e. The lowest BCUT2D eigenvalue weighted by Crippen LogP contribution is -2.43. The number of aromatic nitrogens is 2. The van der Waals surface area contributed by atoms with Gasteiger partial charge >= 0.3 is 0 Å². The van der Waals surface area contributed by atoms with Gasteiger partial charge in [-0.1, -0.05) is 39.8 Å². The third-order valence-electron chi connectivity index (χ3n) is 5.97. The van der Waals surface area contributed by atoms with E-state index in [1.54, 1.807) is 7.05 Å². The van der Waals surface area contributed by atoms with Crippen LogP contribution < -0.4 is 5.56 Å². The highest BCUT2D eigenvalue weighted by Crippen LogP contribution is 2.26. The number of hydroxylamine groups is 1. The molecule has 35 heavy (non-hydrogen) atoms. The number of nitrogens with zero attached hydrogens (tertiary/aromatic N) is 3. The number of allylic oxidation sites excluding steroid dienone is 1. The quantitative estimate of drug-likeness (QED) is 0.317. The molecule has 1 aromatic carbocycles. The van der Waals surface area contributed by atoms with Crippen molar-refractivity contribution in [3.8, 4) is 11.3 Å². The average Bonchev–Trinajstić information content (AvgIpc) is 3.30. The third kappa shape index (κ3) is 6.86. The molecule has 1 fully saturated rings. The van der Waals surface area contributed by atoms with Crippen molar-refractivity contribution in [3.05, 3.63) is 63.6 Å². The van der Waals surface area contributed by atoms with Gasteiger partial charge in [0.05, 0.1) is 11.3 Å². The van der Waals surface area contributed by atoms with Crippen LogP contribution in [0.1, 0.15) is 50.9 Å². The Morgan fingerprint density at radius 3 is 2.49 bits per heavy atom. The minimum atomic E-state index is -0.0543. The zero-order chi connectivity index (χ0) is 25.4. The number of benzene rings is 1. The van der Waals surface area contributed by atoms with Crippen molar-refractivity contribution >= 4 is 29.1 Å². The van der Waals surface area contributed by atoms with Crippen LogP contribution in [0.25, 0.3) is 28.2 Å². The standard InChI is InChI=1S/C23H27N5O2S.2C2H6/c1-26(30)31-28-10-8-27(9-11-28)15-16-6-7-21-18(12-16)14-22(24-21)19-13-17-4-2-3-5-20(17)25-23(19)29;2*1-2/h3,5-7,12-14,24,30H,2,4,8-11,15H2,1H3,(H,25,29);2*1-2H3. The van der Waals surface area contributed by atoms with E-state index in [2.05, 4.69) is 49.5 Å². The second-order valence-electron chi connectivity index (χ2n) is 8.25. The fraction of sp³-hybridized carbons (Fsp3) is 0.444. The molecule has 0 radical (unpaired) electrons. The molecule has 1 aliphatic heterocycles. The first-order valence-corrected chi connectivity index (χ1v) is 13.4. The van der Waals surface area contributed by atoms with Crippen LogP contribution >= 0.6 is 12.1 Å². The SMILES string of the molecule is CC.CC.CN(O)SN1CCN(Cc2ccc3[nH]c(-c4cc5c([nH]c4=O)C=CCC5)cc3c2)CC1. The van der Waals surface area contributed by atoms with E-state index in [0.717, 1.165) is 72.3 Å². The van der Waals surface area contributed by atoms with Crippen LogP contribution in [0.2, 0.25) is 0 Å². The number of nitrogens with one attached hydrogen (secondary N) is 2. The maximum atomic E-state index is 12.7. The second kappa shape index (κ2) is 13.1. The minimum Gasteiger partial charge on any atom is -0.354 e. The Morgan fingerprint density at radius 1 is 1.03 bits per heavy atom. The number of hydrogen-bond donors (Lipinski definition) is 3. The predicted octanol–water partition coefficient (Wildman–Crippen LogP) is 5.54. The van der Waals surface area contributed by atoms with Gasteiger partial charge in [0.15, 0.2) is 0 Å². The van der Waals surface area contributed by atoms with Gasteiger partial charge in [0.2, 0.25) is 0 Å². The highest BCUT2D eigenvalue weighted by Gasteiger charge is 2.19. The normalized spacial score (nSPS) is 15.9. The van der Waals surface area contributed by atoms with Gasteiger partial charge in [-0.05, 0) is 54.3 Å². The second-order valence-corrected chi connectivity index (χ2v) is 9.46.